The van der Waals surface area contributed by atoms with Gasteiger partial charge >= 0.3 is 0 Å². The van der Waals surface area contributed by atoms with Crippen molar-refractivity contribution in [2.75, 3.05) is 5.75 Å². The van der Waals surface area contributed by atoms with E-state index < -0.39 is 26.0 Å². The van der Waals surface area contributed by atoms with Crippen molar-refractivity contribution in [2.45, 2.75) is 30.6 Å². The molecule has 2 atom stereocenters. The summed E-state index contributed by atoms with van der Waals surface area (Å²) in [6.07, 6.45) is -1.33. The van der Waals surface area contributed by atoms with Gasteiger partial charge in [-0.2, -0.15) is 0 Å². The van der Waals surface area contributed by atoms with Crippen molar-refractivity contribution in [3.8, 4) is 0 Å². The average Bonchev–Trinajstić information content (AvgIpc) is 2.37. The van der Waals surface area contributed by atoms with Crippen LogP contribution < -0.4 is 0 Å². The van der Waals surface area contributed by atoms with Crippen LogP contribution in [0, 0.1) is 5.82 Å². The van der Waals surface area contributed by atoms with E-state index in [2.05, 4.69) is 0 Å². The first-order chi connectivity index (χ1) is 8.28. The lowest BCUT2D eigenvalue weighted by Crippen LogP contribution is -2.39. The average molecular weight is 295 g/mol. The van der Waals surface area contributed by atoms with Crippen molar-refractivity contribution in [1.82, 2.24) is 0 Å². The molecular weight excluding hydrogens is 279 g/mol. The summed E-state index contributed by atoms with van der Waals surface area (Å²) in [5.41, 5.74) is 0.283. The number of hydrogen-bond acceptors (Lipinski definition) is 3. The van der Waals surface area contributed by atoms with Gasteiger partial charge in [-0.15, -0.1) is 0 Å². The Hall–Kier alpha value is -0.650. The van der Waals surface area contributed by atoms with E-state index in [-0.39, 0.29) is 17.7 Å². The van der Waals surface area contributed by atoms with Crippen molar-refractivity contribution >= 4 is 21.4 Å². The Labute approximate surface area is 112 Å². The highest BCUT2D eigenvalue weighted by Gasteiger charge is 2.46. The van der Waals surface area contributed by atoms with E-state index >= 15 is 0 Å². The van der Waals surface area contributed by atoms with Crippen LogP contribution in [-0.2, 0) is 9.84 Å². The van der Waals surface area contributed by atoms with E-state index in [9.17, 15) is 17.9 Å². The minimum atomic E-state index is -3.65. The molecule has 1 aromatic carbocycles. The third kappa shape index (κ3) is 2.68. The number of benzene rings is 1. The molecule has 0 saturated carbocycles. The first kappa shape index (κ1) is 15.4. The van der Waals surface area contributed by atoms with Crippen LogP contribution in [0.25, 0.3) is 0 Å². The molecule has 0 radical (unpaired) electrons. The summed E-state index contributed by atoms with van der Waals surface area (Å²) in [6, 6.07) is 4.98. The number of aliphatic hydroxyl groups excluding tert-OH is 1. The molecule has 0 bridgehead atoms. The maximum absolute atomic E-state index is 12.8. The van der Waals surface area contributed by atoms with E-state index in [0.717, 1.165) is 12.1 Å². The van der Waals surface area contributed by atoms with Gasteiger partial charge in [0.15, 0.2) is 14.0 Å². The molecule has 0 aromatic heterocycles. The Morgan fingerprint density at radius 2 is 1.83 bits per heavy atom. The largest absolute Gasteiger partial charge is 0.385 e. The van der Waals surface area contributed by atoms with Crippen LogP contribution in [0.1, 0.15) is 31.9 Å². The van der Waals surface area contributed by atoms with E-state index in [0.29, 0.717) is 0 Å². The normalized spacial score (nSPS) is 17.2. The molecule has 0 heterocycles. The van der Waals surface area contributed by atoms with Crippen LogP contribution in [0.4, 0.5) is 4.39 Å². The molecule has 0 aliphatic rings. The fraction of sp³-hybridized carbons (Fsp3) is 0.500. The Bertz CT molecular complexity index is 501. The van der Waals surface area contributed by atoms with Crippen LogP contribution in [0.2, 0.25) is 0 Å². The second-order valence-electron chi connectivity index (χ2n) is 4.00. The van der Waals surface area contributed by atoms with Gasteiger partial charge in [0.25, 0.3) is 0 Å². The number of hydrogen-bond donors (Lipinski definition) is 1. The summed E-state index contributed by atoms with van der Waals surface area (Å²) in [6.45, 7) is 3.06. The van der Waals surface area contributed by atoms with Gasteiger partial charge in [-0.25, -0.2) is 12.8 Å². The Morgan fingerprint density at radius 1 is 1.33 bits per heavy atom. The monoisotopic (exact) mass is 294 g/mol. The Kier molecular flexibility index (Phi) is 4.75. The van der Waals surface area contributed by atoms with Crippen LogP contribution in [0.15, 0.2) is 24.3 Å². The molecular formula is C12H16ClFO3S. The summed E-state index contributed by atoms with van der Waals surface area (Å²) >= 11 is 6.11. The molecule has 0 aliphatic heterocycles. The summed E-state index contributed by atoms with van der Waals surface area (Å²) in [5.74, 6) is -0.622. The molecule has 0 saturated heterocycles. The van der Waals surface area contributed by atoms with Crippen LogP contribution in [-0.4, -0.2) is 23.5 Å². The van der Waals surface area contributed by atoms with Crippen LogP contribution in [0.5, 0.6) is 0 Å². The Morgan fingerprint density at radius 3 is 2.22 bits per heavy atom. The maximum atomic E-state index is 12.8. The third-order valence-corrected chi connectivity index (χ3v) is 6.46. The summed E-state index contributed by atoms with van der Waals surface area (Å²) in [5, 5.41) is 10.2. The highest BCUT2D eigenvalue weighted by molar-refractivity contribution is 7.94. The molecule has 0 aliphatic carbocycles. The fourth-order valence-electron chi connectivity index (χ4n) is 1.72. The second-order valence-corrected chi connectivity index (χ2v) is 7.43. The zero-order valence-electron chi connectivity index (χ0n) is 10.2. The topological polar surface area (TPSA) is 54.4 Å². The predicted octanol–water partition coefficient (Wildman–Crippen LogP) is 2.64. The number of alkyl halides is 1. The van der Waals surface area contributed by atoms with Crippen molar-refractivity contribution in [2.24, 2.45) is 0 Å². The quantitative estimate of drug-likeness (QED) is 0.850. The minimum Gasteiger partial charge on any atom is -0.385 e. The molecule has 102 valence electrons. The first-order valence-electron chi connectivity index (χ1n) is 5.63. The van der Waals surface area contributed by atoms with E-state index in [1.807, 2.05) is 0 Å². The number of aliphatic hydroxyl groups is 1. The lowest BCUT2D eigenvalue weighted by Gasteiger charge is -2.30. The first-order valence-corrected chi connectivity index (χ1v) is 7.66. The van der Waals surface area contributed by atoms with Crippen molar-refractivity contribution in [1.29, 1.82) is 0 Å². The minimum absolute atomic E-state index is 0.0588. The summed E-state index contributed by atoms with van der Waals surface area (Å²) < 4.78 is 35.0. The fourth-order valence-corrected chi connectivity index (χ4v) is 3.57. The van der Waals surface area contributed by atoms with Gasteiger partial charge in [0.1, 0.15) is 11.9 Å². The molecule has 0 fully saturated rings. The molecule has 18 heavy (non-hydrogen) atoms. The van der Waals surface area contributed by atoms with Crippen molar-refractivity contribution in [3.05, 3.63) is 35.6 Å². The molecule has 1 rings (SSSR count). The van der Waals surface area contributed by atoms with Gasteiger partial charge in [0, 0.05) is 5.75 Å². The zero-order chi connectivity index (χ0) is 14.0. The van der Waals surface area contributed by atoms with Gasteiger partial charge in [0.2, 0.25) is 0 Å². The molecule has 6 heteroatoms. The van der Waals surface area contributed by atoms with Gasteiger partial charge in [-0.05, 0) is 24.1 Å². The van der Waals surface area contributed by atoms with Crippen molar-refractivity contribution < 1.29 is 17.9 Å². The SMILES string of the molecule is CC[C@](Cl)([C@@H](O)c1ccc(F)cc1)S(=O)(=O)CC. The second kappa shape index (κ2) is 5.55. The zero-order valence-corrected chi connectivity index (χ0v) is 11.8. The molecule has 0 unspecified atom stereocenters. The van der Waals surface area contributed by atoms with Crippen molar-refractivity contribution in [3.63, 3.8) is 0 Å². The van der Waals surface area contributed by atoms with Gasteiger partial charge < -0.3 is 5.11 Å². The molecule has 1 N–H and O–H groups in total. The maximum Gasteiger partial charge on any atom is 0.175 e. The molecule has 0 spiro atoms. The van der Waals surface area contributed by atoms with E-state index in [1.54, 1.807) is 6.92 Å². The van der Waals surface area contributed by atoms with Gasteiger partial charge in [-0.3, -0.25) is 0 Å². The number of rotatable bonds is 5. The van der Waals surface area contributed by atoms with E-state index in [4.69, 9.17) is 11.6 Å². The molecule has 3 nitrogen and oxygen atoms in total. The van der Waals surface area contributed by atoms with Crippen LogP contribution in [0.3, 0.4) is 0 Å². The summed E-state index contributed by atoms with van der Waals surface area (Å²) in [4.78, 5) is 0. The highest BCUT2D eigenvalue weighted by Crippen LogP contribution is 2.40. The lowest BCUT2D eigenvalue weighted by molar-refractivity contribution is 0.154. The van der Waals surface area contributed by atoms with Crippen LogP contribution >= 0.6 is 11.6 Å². The van der Waals surface area contributed by atoms with Gasteiger partial charge in [0.05, 0.1) is 0 Å². The molecule has 0 amide bonds. The lowest BCUT2D eigenvalue weighted by atomic mass is 10.0. The predicted molar refractivity (Wildman–Crippen MR) is 69.7 cm³/mol. The third-order valence-electron chi connectivity index (χ3n) is 2.97. The standard InChI is InChI=1S/C12H16ClFO3S/c1-3-12(13,18(16,17)4-2)11(15)9-5-7-10(14)8-6-9/h5-8,11,15H,3-4H2,1-2H3/t11-,12+/m0/s1. The number of halogens is 2. The Balaban J connectivity index is 3.21. The summed E-state index contributed by atoms with van der Waals surface area (Å²) in [7, 11) is -3.65. The van der Waals surface area contributed by atoms with E-state index in [1.165, 1.54) is 19.1 Å². The van der Waals surface area contributed by atoms with Gasteiger partial charge in [-0.1, -0.05) is 37.6 Å². The highest BCUT2D eigenvalue weighted by atomic mass is 35.5. The smallest absolute Gasteiger partial charge is 0.175 e. The number of sulfone groups is 1. The molecule has 1 aromatic rings.